The average molecular weight is 350 g/mol. The van der Waals surface area contributed by atoms with Gasteiger partial charge in [-0.1, -0.05) is 0 Å². The summed E-state index contributed by atoms with van der Waals surface area (Å²) in [5, 5.41) is 14.7. The zero-order chi connectivity index (χ0) is 17.7. The summed E-state index contributed by atoms with van der Waals surface area (Å²) in [6, 6.07) is 4.79. The molecule has 1 fully saturated rings. The highest BCUT2D eigenvalue weighted by Crippen LogP contribution is 2.40. The number of alkyl halides is 2. The van der Waals surface area contributed by atoms with Gasteiger partial charge in [-0.05, 0) is 43.9 Å². The molecule has 2 aromatic rings. The Morgan fingerprint density at radius 2 is 2.08 bits per heavy atom. The Labute approximate surface area is 143 Å². The summed E-state index contributed by atoms with van der Waals surface area (Å²) < 4.78 is 29.0. The van der Waals surface area contributed by atoms with Crippen LogP contribution in [0, 0.1) is 12.8 Å². The highest BCUT2D eigenvalue weighted by Gasteiger charge is 2.34. The summed E-state index contributed by atoms with van der Waals surface area (Å²) in [5.74, 6) is -0.128. The molecule has 1 amide bonds. The van der Waals surface area contributed by atoms with Crippen LogP contribution in [0.25, 0.3) is 0 Å². The van der Waals surface area contributed by atoms with Gasteiger partial charge in [0.1, 0.15) is 11.8 Å². The van der Waals surface area contributed by atoms with E-state index in [1.54, 1.807) is 16.5 Å². The van der Waals surface area contributed by atoms with Gasteiger partial charge in [0, 0.05) is 12.2 Å². The predicted octanol–water partition coefficient (Wildman–Crippen LogP) is 2.49. The zero-order valence-electron chi connectivity index (χ0n) is 13.9. The molecule has 1 atom stereocenters. The van der Waals surface area contributed by atoms with Gasteiger partial charge in [0.15, 0.2) is 0 Å². The Morgan fingerprint density at radius 1 is 1.32 bits per heavy atom. The van der Waals surface area contributed by atoms with E-state index in [0.717, 1.165) is 23.1 Å². The van der Waals surface area contributed by atoms with E-state index in [9.17, 15) is 18.7 Å². The molecule has 1 aliphatic carbocycles. The number of aliphatic hydroxyl groups is 1. The van der Waals surface area contributed by atoms with Crippen molar-refractivity contribution in [2.45, 2.75) is 45.5 Å². The number of aliphatic hydroxyl groups excluding tert-OH is 1. The fourth-order valence-electron chi connectivity index (χ4n) is 3.41. The Bertz CT molecular complexity index is 810. The van der Waals surface area contributed by atoms with E-state index >= 15 is 0 Å². The lowest BCUT2D eigenvalue weighted by molar-refractivity contribution is 0.0528. The van der Waals surface area contributed by atoms with Crippen molar-refractivity contribution >= 4 is 5.91 Å². The van der Waals surface area contributed by atoms with Gasteiger partial charge in [0.25, 0.3) is 5.91 Å². The van der Waals surface area contributed by atoms with Crippen molar-refractivity contribution in [3.63, 3.8) is 0 Å². The van der Waals surface area contributed by atoms with E-state index in [-0.39, 0.29) is 11.6 Å². The van der Waals surface area contributed by atoms with Crippen molar-refractivity contribution in [3.05, 3.63) is 41.0 Å². The molecule has 0 aromatic carbocycles. The van der Waals surface area contributed by atoms with Gasteiger partial charge in [0.2, 0.25) is 0 Å². The van der Waals surface area contributed by atoms with Gasteiger partial charge >= 0.3 is 6.55 Å². The molecule has 8 heteroatoms. The third kappa shape index (κ3) is 2.84. The van der Waals surface area contributed by atoms with Crippen LogP contribution in [0.1, 0.15) is 53.1 Å². The molecule has 0 bridgehead atoms. The second-order valence-electron chi connectivity index (χ2n) is 6.80. The highest BCUT2D eigenvalue weighted by atomic mass is 19.3. The number of fused-ring (bicyclic) bond motifs is 1. The molecule has 1 N–H and O–H groups in total. The van der Waals surface area contributed by atoms with Gasteiger partial charge < -0.3 is 10.0 Å². The maximum absolute atomic E-state index is 13.2. The fraction of sp³-hybridized carbons (Fsp3) is 0.529. The van der Waals surface area contributed by atoms with E-state index in [0.29, 0.717) is 31.0 Å². The summed E-state index contributed by atoms with van der Waals surface area (Å²) in [7, 11) is 0. The minimum Gasteiger partial charge on any atom is -0.386 e. The number of aryl methyl sites for hydroxylation is 1. The van der Waals surface area contributed by atoms with Crippen molar-refractivity contribution in [2.24, 2.45) is 5.92 Å². The monoisotopic (exact) mass is 350 g/mol. The molecule has 0 spiro atoms. The molecule has 134 valence electrons. The van der Waals surface area contributed by atoms with Gasteiger partial charge in [-0.25, -0.2) is 0 Å². The van der Waals surface area contributed by atoms with Crippen molar-refractivity contribution < 1.29 is 18.7 Å². The quantitative estimate of drug-likeness (QED) is 0.921. The molecule has 1 unspecified atom stereocenters. The fourth-order valence-corrected chi connectivity index (χ4v) is 3.41. The van der Waals surface area contributed by atoms with E-state index in [2.05, 4.69) is 5.10 Å². The van der Waals surface area contributed by atoms with Crippen molar-refractivity contribution in [3.8, 4) is 0 Å². The van der Waals surface area contributed by atoms with Gasteiger partial charge in [-0.3, -0.25) is 14.0 Å². The Hall–Kier alpha value is -2.22. The molecule has 1 aliphatic heterocycles. The number of amides is 1. The Kier molecular flexibility index (Phi) is 3.87. The first-order chi connectivity index (χ1) is 12.0. The third-order valence-electron chi connectivity index (χ3n) is 5.01. The standard InChI is InChI=1S/C17H20F2N4O2/c1-10-2-5-14(23(10)17(18)19)16(25)21-6-7-22-12(9-21)8-13(20-22)15(24)11-3-4-11/h2,5,8,11,15,17,24H,3-4,6-7,9H2,1H3. The largest absolute Gasteiger partial charge is 0.386 e. The molecule has 2 aromatic heterocycles. The van der Waals surface area contributed by atoms with Crippen LogP contribution in [0.2, 0.25) is 0 Å². The smallest absolute Gasteiger partial charge is 0.319 e. The molecular formula is C17H20F2N4O2. The number of carbonyl (C=O) groups excluding carboxylic acids is 1. The first-order valence-corrected chi connectivity index (χ1v) is 8.45. The lowest BCUT2D eigenvalue weighted by Gasteiger charge is -2.28. The van der Waals surface area contributed by atoms with E-state index in [1.165, 1.54) is 12.1 Å². The van der Waals surface area contributed by atoms with Crippen LogP contribution in [0.4, 0.5) is 8.78 Å². The molecule has 4 rings (SSSR count). The van der Waals surface area contributed by atoms with Gasteiger partial charge in [-0.2, -0.15) is 13.9 Å². The molecule has 1 saturated carbocycles. The van der Waals surface area contributed by atoms with Crippen LogP contribution >= 0.6 is 0 Å². The molecule has 0 saturated heterocycles. The van der Waals surface area contributed by atoms with E-state index < -0.39 is 18.6 Å². The normalized spacial score (nSPS) is 18.5. The maximum atomic E-state index is 13.2. The zero-order valence-corrected chi connectivity index (χ0v) is 13.9. The number of halogens is 2. The molecule has 25 heavy (non-hydrogen) atoms. The van der Waals surface area contributed by atoms with Crippen LogP contribution < -0.4 is 0 Å². The summed E-state index contributed by atoms with van der Waals surface area (Å²) in [4.78, 5) is 14.3. The van der Waals surface area contributed by atoms with Crippen molar-refractivity contribution in [1.29, 1.82) is 0 Å². The van der Waals surface area contributed by atoms with Crippen LogP contribution in [0.3, 0.4) is 0 Å². The number of nitrogens with zero attached hydrogens (tertiary/aromatic N) is 4. The summed E-state index contributed by atoms with van der Waals surface area (Å²) in [6.07, 6.45) is 1.47. The lowest BCUT2D eigenvalue weighted by Crippen LogP contribution is -2.39. The van der Waals surface area contributed by atoms with E-state index in [1.807, 2.05) is 6.07 Å². The Balaban J connectivity index is 1.55. The molecule has 0 radical (unpaired) electrons. The van der Waals surface area contributed by atoms with Crippen LogP contribution in [0.15, 0.2) is 18.2 Å². The summed E-state index contributed by atoms with van der Waals surface area (Å²) in [5.41, 5.74) is 1.81. The van der Waals surface area contributed by atoms with Crippen LogP contribution in [0.5, 0.6) is 0 Å². The number of rotatable bonds is 4. The van der Waals surface area contributed by atoms with Crippen molar-refractivity contribution in [1.82, 2.24) is 19.2 Å². The molecule has 2 aliphatic rings. The van der Waals surface area contributed by atoms with Crippen LogP contribution in [-0.4, -0.2) is 36.8 Å². The summed E-state index contributed by atoms with van der Waals surface area (Å²) in [6.45, 7) is 0.00742. The second kappa shape index (κ2) is 5.94. The van der Waals surface area contributed by atoms with Crippen molar-refractivity contribution in [2.75, 3.05) is 6.54 Å². The minimum atomic E-state index is -2.75. The van der Waals surface area contributed by atoms with E-state index in [4.69, 9.17) is 0 Å². The number of hydrogen-bond donors (Lipinski definition) is 1. The first-order valence-electron chi connectivity index (χ1n) is 8.45. The Morgan fingerprint density at radius 3 is 2.76 bits per heavy atom. The average Bonchev–Trinajstić information content (AvgIpc) is 3.23. The van der Waals surface area contributed by atoms with Gasteiger partial charge in [0.05, 0.1) is 24.5 Å². The third-order valence-corrected chi connectivity index (χ3v) is 5.01. The van der Waals surface area contributed by atoms with Crippen LogP contribution in [-0.2, 0) is 13.1 Å². The SMILES string of the molecule is Cc1ccc(C(=O)N2CCn3nc(C(O)C4CC4)cc3C2)n1C(F)F. The first kappa shape index (κ1) is 16.3. The maximum Gasteiger partial charge on any atom is 0.319 e. The number of hydrogen-bond acceptors (Lipinski definition) is 3. The topological polar surface area (TPSA) is 63.3 Å². The number of aromatic nitrogens is 3. The highest BCUT2D eigenvalue weighted by molar-refractivity contribution is 5.93. The molecular weight excluding hydrogens is 330 g/mol. The molecule has 6 nitrogen and oxygen atoms in total. The predicted molar refractivity (Wildman–Crippen MR) is 85.1 cm³/mol. The minimum absolute atomic E-state index is 0.00120. The lowest BCUT2D eigenvalue weighted by atomic mass is 10.1. The van der Waals surface area contributed by atoms with Gasteiger partial charge in [-0.15, -0.1) is 0 Å². The summed E-state index contributed by atoms with van der Waals surface area (Å²) >= 11 is 0. The second-order valence-corrected chi connectivity index (χ2v) is 6.80. The molecule has 3 heterocycles. The number of carbonyl (C=O) groups is 1.